The van der Waals surface area contributed by atoms with Crippen molar-refractivity contribution in [1.82, 2.24) is 20.0 Å². The second-order valence-corrected chi connectivity index (χ2v) is 4.76. The lowest BCUT2D eigenvalue weighted by atomic mass is 10.3. The van der Waals surface area contributed by atoms with Gasteiger partial charge in [0.2, 0.25) is 0 Å². The minimum absolute atomic E-state index is 0.134. The Hall–Kier alpha value is -3.02. The lowest BCUT2D eigenvalue weighted by Crippen LogP contribution is -2.10. The molecule has 0 aliphatic carbocycles. The van der Waals surface area contributed by atoms with Crippen molar-refractivity contribution >= 4 is 11.6 Å². The first-order valence-corrected chi connectivity index (χ1v) is 6.91. The Labute approximate surface area is 127 Å². The Kier molecular flexibility index (Phi) is 3.91. The third-order valence-electron chi connectivity index (χ3n) is 3.17. The van der Waals surface area contributed by atoms with E-state index in [0.29, 0.717) is 18.1 Å². The number of Topliss-reactive ketones (excluding diaryl/α,β-unsaturated/α-hetero) is 1. The zero-order chi connectivity index (χ0) is 15.4. The molecule has 110 valence electrons. The summed E-state index contributed by atoms with van der Waals surface area (Å²) in [4.78, 5) is 16.0. The second-order valence-electron chi connectivity index (χ2n) is 4.76. The zero-order valence-corrected chi connectivity index (χ0v) is 12.1. The van der Waals surface area contributed by atoms with E-state index in [1.807, 2.05) is 48.5 Å². The van der Waals surface area contributed by atoms with Crippen molar-refractivity contribution in [3.63, 3.8) is 0 Å². The number of aromatic nitrogens is 4. The summed E-state index contributed by atoms with van der Waals surface area (Å²) in [5, 5.41) is 11.3. The minimum Gasteiger partial charge on any atom is -0.362 e. The van der Waals surface area contributed by atoms with E-state index in [9.17, 15) is 4.79 Å². The molecule has 0 saturated heterocycles. The van der Waals surface area contributed by atoms with E-state index in [4.69, 9.17) is 0 Å². The standard InChI is InChI=1S/C16H15N5O/c1-12(22)15-16(18-11-13-7-5-6-10-17-13)21(20-19-15)14-8-3-2-4-9-14/h2-10,18H,11H2,1H3. The normalized spacial score (nSPS) is 10.4. The van der Waals surface area contributed by atoms with Crippen LogP contribution in [0.15, 0.2) is 54.7 Å². The van der Waals surface area contributed by atoms with Crippen molar-refractivity contribution in [2.24, 2.45) is 0 Å². The number of benzene rings is 1. The summed E-state index contributed by atoms with van der Waals surface area (Å²) in [7, 11) is 0. The molecule has 6 nitrogen and oxygen atoms in total. The Morgan fingerprint density at radius 3 is 2.59 bits per heavy atom. The molecule has 0 aliphatic rings. The van der Waals surface area contributed by atoms with Crippen LogP contribution in [-0.4, -0.2) is 25.8 Å². The number of hydrogen-bond donors (Lipinski definition) is 1. The van der Waals surface area contributed by atoms with Crippen LogP contribution in [0.2, 0.25) is 0 Å². The van der Waals surface area contributed by atoms with Gasteiger partial charge in [-0.1, -0.05) is 29.5 Å². The lowest BCUT2D eigenvalue weighted by molar-refractivity contribution is 0.101. The SMILES string of the molecule is CC(=O)c1nnn(-c2ccccc2)c1NCc1ccccn1. The molecule has 0 bridgehead atoms. The van der Waals surface area contributed by atoms with Gasteiger partial charge in [-0.2, -0.15) is 4.68 Å². The highest BCUT2D eigenvalue weighted by Crippen LogP contribution is 2.19. The van der Waals surface area contributed by atoms with Gasteiger partial charge in [0.1, 0.15) is 0 Å². The number of carbonyl (C=O) groups excluding carboxylic acids is 1. The summed E-state index contributed by atoms with van der Waals surface area (Å²) in [5.74, 6) is 0.440. The highest BCUT2D eigenvalue weighted by Gasteiger charge is 2.17. The first-order chi connectivity index (χ1) is 10.8. The van der Waals surface area contributed by atoms with Crippen LogP contribution in [-0.2, 0) is 6.54 Å². The van der Waals surface area contributed by atoms with Gasteiger partial charge >= 0.3 is 0 Å². The van der Waals surface area contributed by atoms with Crippen LogP contribution in [0, 0.1) is 0 Å². The molecule has 0 aliphatic heterocycles. The number of rotatable bonds is 5. The Morgan fingerprint density at radius 2 is 1.91 bits per heavy atom. The summed E-state index contributed by atoms with van der Waals surface area (Å²) in [5.41, 5.74) is 2.03. The van der Waals surface area contributed by atoms with Gasteiger partial charge in [0, 0.05) is 13.1 Å². The molecule has 0 atom stereocenters. The largest absolute Gasteiger partial charge is 0.362 e. The topological polar surface area (TPSA) is 72.7 Å². The zero-order valence-electron chi connectivity index (χ0n) is 12.1. The smallest absolute Gasteiger partial charge is 0.183 e. The monoisotopic (exact) mass is 293 g/mol. The van der Waals surface area contributed by atoms with Gasteiger partial charge in [-0.05, 0) is 24.3 Å². The van der Waals surface area contributed by atoms with Gasteiger partial charge in [0.25, 0.3) is 0 Å². The number of nitrogens with zero attached hydrogens (tertiary/aromatic N) is 4. The number of hydrogen-bond acceptors (Lipinski definition) is 5. The predicted molar refractivity (Wildman–Crippen MR) is 82.9 cm³/mol. The fourth-order valence-electron chi connectivity index (χ4n) is 2.10. The molecular formula is C16H15N5O. The molecular weight excluding hydrogens is 278 g/mol. The second kappa shape index (κ2) is 6.17. The summed E-state index contributed by atoms with van der Waals surface area (Å²) in [6.45, 7) is 1.96. The number of nitrogens with one attached hydrogen (secondary N) is 1. The maximum absolute atomic E-state index is 11.8. The third-order valence-corrected chi connectivity index (χ3v) is 3.17. The van der Waals surface area contributed by atoms with Gasteiger partial charge in [-0.3, -0.25) is 9.78 Å². The summed E-state index contributed by atoms with van der Waals surface area (Å²) in [6.07, 6.45) is 1.73. The molecule has 0 saturated carbocycles. The molecule has 0 amide bonds. The summed E-state index contributed by atoms with van der Waals surface area (Å²) < 4.78 is 1.62. The van der Waals surface area contributed by atoms with Crippen molar-refractivity contribution in [1.29, 1.82) is 0 Å². The van der Waals surface area contributed by atoms with E-state index in [1.54, 1.807) is 10.9 Å². The lowest BCUT2D eigenvalue weighted by Gasteiger charge is -2.09. The predicted octanol–water partition coefficient (Wildman–Crippen LogP) is 2.48. The molecule has 3 aromatic rings. The van der Waals surface area contributed by atoms with Crippen molar-refractivity contribution in [2.45, 2.75) is 13.5 Å². The van der Waals surface area contributed by atoms with Gasteiger partial charge in [-0.25, -0.2) is 0 Å². The van der Waals surface area contributed by atoms with Crippen LogP contribution in [0.4, 0.5) is 5.82 Å². The molecule has 1 aromatic carbocycles. The molecule has 0 unspecified atom stereocenters. The van der Waals surface area contributed by atoms with Gasteiger partial charge in [-0.15, -0.1) is 5.10 Å². The van der Waals surface area contributed by atoms with Crippen molar-refractivity contribution in [2.75, 3.05) is 5.32 Å². The van der Waals surface area contributed by atoms with Crippen LogP contribution in [0.3, 0.4) is 0 Å². The quantitative estimate of drug-likeness (QED) is 0.732. The van der Waals surface area contributed by atoms with Crippen LogP contribution in [0.1, 0.15) is 23.1 Å². The van der Waals surface area contributed by atoms with Crippen LogP contribution in [0.5, 0.6) is 0 Å². The molecule has 22 heavy (non-hydrogen) atoms. The summed E-state index contributed by atoms with van der Waals surface area (Å²) in [6, 6.07) is 15.3. The molecule has 6 heteroatoms. The molecule has 0 spiro atoms. The average molecular weight is 293 g/mol. The van der Waals surface area contributed by atoms with E-state index in [-0.39, 0.29) is 5.78 Å². The highest BCUT2D eigenvalue weighted by atomic mass is 16.1. The van der Waals surface area contributed by atoms with Gasteiger partial charge < -0.3 is 5.32 Å². The third kappa shape index (κ3) is 2.85. The maximum atomic E-state index is 11.8. The van der Waals surface area contributed by atoms with E-state index < -0.39 is 0 Å². The van der Waals surface area contributed by atoms with Crippen LogP contribution in [0.25, 0.3) is 5.69 Å². The van der Waals surface area contributed by atoms with Crippen LogP contribution >= 0.6 is 0 Å². The van der Waals surface area contributed by atoms with Crippen LogP contribution < -0.4 is 5.32 Å². The first-order valence-electron chi connectivity index (χ1n) is 6.91. The fourth-order valence-corrected chi connectivity index (χ4v) is 2.10. The van der Waals surface area contributed by atoms with E-state index >= 15 is 0 Å². The molecule has 3 rings (SSSR count). The highest BCUT2D eigenvalue weighted by molar-refractivity contribution is 5.96. The van der Waals surface area contributed by atoms with Gasteiger partial charge in [0.05, 0.1) is 17.9 Å². The number of ketones is 1. The number of carbonyl (C=O) groups is 1. The summed E-state index contributed by atoms with van der Waals surface area (Å²) >= 11 is 0. The van der Waals surface area contributed by atoms with Gasteiger partial charge in [0.15, 0.2) is 17.3 Å². The fraction of sp³-hybridized carbons (Fsp3) is 0.125. The Morgan fingerprint density at radius 1 is 1.14 bits per heavy atom. The molecule has 2 heterocycles. The first kappa shape index (κ1) is 13.9. The van der Waals surface area contributed by atoms with E-state index in [1.165, 1.54) is 6.92 Å². The van der Waals surface area contributed by atoms with Crippen molar-refractivity contribution < 1.29 is 4.79 Å². The number of para-hydroxylation sites is 1. The molecule has 2 aromatic heterocycles. The number of anilines is 1. The average Bonchev–Trinajstić information content (AvgIpc) is 2.99. The Balaban J connectivity index is 1.94. The Bertz CT molecular complexity index is 768. The molecule has 1 N–H and O–H groups in total. The van der Waals surface area contributed by atoms with Crippen molar-refractivity contribution in [3.05, 3.63) is 66.1 Å². The molecule has 0 fully saturated rings. The van der Waals surface area contributed by atoms with E-state index in [0.717, 1.165) is 11.4 Å². The number of pyridine rings is 1. The molecule has 0 radical (unpaired) electrons. The van der Waals surface area contributed by atoms with Crippen molar-refractivity contribution in [3.8, 4) is 5.69 Å². The maximum Gasteiger partial charge on any atom is 0.183 e. The van der Waals surface area contributed by atoms with E-state index in [2.05, 4.69) is 20.6 Å². The minimum atomic E-state index is -0.134.